The average molecular weight is 374 g/mol. The standard InChI is InChI=1S/C17H22ClF2N3O2/c1-9(2)21-8-14(24)23-7-6-11(10(23)3)17(25)22-13-5-4-12(19)15(18)16(13)20/h4-5,9-11,21H,6-8H2,1-3H3,(H,22,25)/t10-,11?/m0/s1. The van der Waals surface area contributed by atoms with Gasteiger partial charge in [-0.3, -0.25) is 9.59 Å². The summed E-state index contributed by atoms with van der Waals surface area (Å²) >= 11 is 5.52. The number of rotatable bonds is 5. The summed E-state index contributed by atoms with van der Waals surface area (Å²) in [4.78, 5) is 26.3. The Morgan fingerprint density at radius 3 is 2.68 bits per heavy atom. The molecule has 2 rings (SSSR count). The molecule has 2 N–H and O–H groups in total. The quantitative estimate of drug-likeness (QED) is 0.780. The van der Waals surface area contributed by atoms with Gasteiger partial charge in [0.25, 0.3) is 0 Å². The first-order chi connectivity index (χ1) is 11.7. The Morgan fingerprint density at radius 2 is 2.04 bits per heavy atom. The summed E-state index contributed by atoms with van der Waals surface area (Å²) in [6.07, 6.45) is 0.483. The van der Waals surface area contributed by atoms with Crippen LogP contribution in [0.25, 0.3) is 0 Å². The largest absolute Gasteiger partial charge is 0.338 e. The maximum Gasteiger partial charge on any atom is 0.236 e. The SMILES string of the molecule is CC(C)NCC(=O)N1CCC(C(=O)Nc2ccc(F)c(Cl)c2F)[C@@H]1C. The zero-order chi connectivity index (χ0) is 18.7. The molecule has 0 radical (unpaired) electrons. The van der Waals surface area contributed by atoms with Crippen LogP contribution in [0.3, 0.4) is 0 Å². The van der Waals surface area contributed by atoms with E-state index in [0.717, 1.165) is 12.1 Å². The van der Waals surface area contributed by atoms with Gasteiger partial charge in [-0.2, -0.15) is 0 Å². The first-order valence-corrected chi connectivity index (χ1v) is 8.57. The number of halogens is 3. The first kappa shape index (κ1) is 19.6. The molecule has 138 valence electrons. The topological polar surface area (TPSA) is 61.4 Å². The molecule has 0 spiro atoms. The van der Waals surface area contributed by atoms with Crippen molar-refractivity contribution in [3.63, 3.8) is 0 Å². The van der Waals surface area contributed by atoms with Crippen LogP contribution < -0.4 is 10.6 Å². The van der Waals surface area contributed by atoms with Crippen molar-refractivity contribution in [3.8, 4) is 0 Å². The smallest absolute Gasteiger partial charge is 0.236 e. The second kappa shape index (κ2) is 8.10. The second-order valence-electron chi connectivity index (χ2n) is 6.47. The monoisotopic (exact) mass is 373 g/mol. The molecule has 0 saturated carbocycles. The number of hydrogen-bond acceptors (Lipinski definition) is 3. The molecule has 8 heteroatoms. The molecule has 0 aliphatic carbocycles. The van der Waals surface area contributed by atoms with E-state index in [2.05, 4.69) is 10.6 Å². The van der Waals surface area contributed by atoms with E-state index in [1.54, 1.807) is 11.8 Å². The minimum atomic E-state index is -1.00. The van der Waals surface area contributed by atoms with Crippen molar-refractivity contribution in [3.05, 3.63) is 28.8 Å². The lowest BCUT2D eigenvalue weighted by Crippen LogP contribution is -2.44. The van der Waals surface area contributed by atoms with Gasteiger partial charge in [0.2, 0.25) is 11.8 Å². The van der Waals surface area contributed by atoms with Gasteiger partial charge in [-0.05, 0) is 25.5 Å². The first-order valence-electron chi connectivity index (χ1n) is 8.19. The Hall–Kier alpha value is -1.73. The lowest BCUT2D eigenvalue weighted by atomic mass is 10.0. The Morgan fingerprint density at radius 1 is 1.36 bits per heavy atom. The van der Waals surface area contributed by atoms with Crippen LogP contribution in [0.15, 0.2) is 12.1 Å². The highest BCUT2D eigenvalue weighted by Crippen LogP contribution is 2.29. The number of anilines is 1. The molecule has 1 heterocycles. The van der Waals surface area contributed by atoms with Crippen LogP contribution in [0, 0.1) is 17.6 Å². The van der Waals surface area contributed by atoms with Crippen molar-refractivity contribution in [2.24, 2.45) is 5.92 Å². The van der Waals surface area contributed by atoms with Crippen molar-refractivity contribution < 1.29 is 18.4 Å². The molecule has 1 unspecified atom stereocenters. The number of nitrogens with zero attached hydrogens (tertiary/aromatic N) is 1. The minimum absolute atomic E-state index is 0.0764. The van der Waals surface area contributed by atoms with Gasteiger partial charge >= 0.3 is 0 Å². The van der Waals surface area contributed by atoms with E-state index in [-0.39, 0.29) is 30.2 Å². The van der Waals surface area contributed by atoms with Crippen LogP contribution in [0.1, 0.15) is 27.2 Å². The fourth-order valence-corrected chi connectivity index (χ4v) is 3.05. The highest BCUT2D eigenvalue weighted by molar-refractivity contribution is 6.31. The van der Waals surface area contributed by atoms with E-state index in [1.807, 2.05) is 13.8 Å². The molecular formula is C17H22ClF2N3O2. The fraction of sp³-hybridized carbons (Fsp3) is 0.529. The zero-order valence-corrected chi connectivity index (χ0v) is 15.2. The van der Waals surface area contributed by atoms with Crippen LogP contribution in [0.5, 0.6) is 0 Å². The Kier molecular flexibility index (Phi) is 6.35. The summed E-state index contributed by atoms with van der Waals surface area (Å²) in [5.74, 6) is -2.85. The predicted octanol–water partition coefficient (Wildman–Crippen LogP) is 2.79. The maximum absolute atomic E-state index is 13.9. The number of carbonyl (C=O) groups excluding carboxylic acids is 2. The lowest BCUT2D eigenvalue weighted by Gasteiger charge is -2.25. The van der Waals surface area contributed by atoms with Crippen LogP contribution in [0.4, 0.5) is 14.5 Å². The van der Waals surface area contributed by atoms with E-state index in [4.69, 9.17) is 11.6 Å². The molecule has 1 saturated heterocycles. The molecule has 1 aromatic rings. The normalized spacial score (nSPS) is 20.2. The Labute approximate surface area is 150 Å². The van der Waals surface area contributed by atoms with Crippen LogP contribution in [-0.2, 0) is 9.59 Å². The van der Waals surface area contributed by atoms with Gasteiger partial charge in [-0.15, -0.1) is 0 Å². The van der Waals surface area contributed by atoms with Crippen molar-refractivity contribution in [2.45, 2.75) is 39.3 Å². The van der Waals surface area contributed by atoms with Gasteiger partial charge in [0, 0.05) is 18.6 Å². The molecule has 2 amide bonds. The summed E-state index contributed by atoms with van der Waals surface area (Å²) in [5, 5.41) is 4.84. The van der Waals surface area contributed by atoms with Gasteiger partial charge in [0.15, 0.2) is 5.82 Å². The van der Waals surface area contributed by atoms with Gasteiger partial charge < -0.3 is 15.5 Å². The van der Waals surface area contributed by atoms with Crippen LogP contribution in [0.2, 0.25) is 5.02 Å². The molecule has 1 aliphatic rings. The summed E-state index contributed by atoms with van der Waals surface area (Å²) in [7, 11) is 0. The lowest BCUT2D eigenvalue weighted by molar-refractivity contribution is -0.131. The number of amides is 2. The molecule has 1 aromatic carbocycles. The van der Waals surface area contributed by atoms with Crippen molar-refractivity contribution in [1.82, 2.24) is 10.2 Å². The van der Waals surface area contributed by atoms with E-state index < -0.39 is 28.5 Å². The number of hydrogen-bond donors (Lipinski definition) is 2. The number of nitrogens with one attached hydrogen (secondary N) is 2. The fourth-order valence-electron chi connectivity index (χ4n) is 2.88. The van der Waals surface area contributed by atoms with E-state index in [1.165, 1.54) is 0 Å². The molecular weight excluding hydrogens is 352 g/mol. The van der Waals surface area contributed by atoms with Crippen LogP contribution in [-0.4, -0.2) is 41.9 Å². The predicted molar refractivity (Wildman–Crippen MR) is 92.4 cm³/mol. The average Bonchev–Trinajstić information content (AvgIpc) is 2.94. The van der Waals surface area contributed by atoms with Crippen molar-refractivity contribution in [2.75, 3.05) is 18.4 Å². The second-order valence-corrected chi connectivity index (χ2v) is 6.85. The van der Waals surface area contributed by atoms with E-state index in [9.17, 15) is 18.4 Å². The summed E-state index contributed by atoms with van der Waals surface area (Å²) in [5.41, 5.74) is -0.171. The van der Waals surface area contributed by atoms with Gasteiger partial charge in [-0.1, -0.05) is 25.4 Å². The summed E-state index contributed by atoms with van der Waals surface area (Å²) in [6.45, 7) is 6.35. The maximum atomic E-state index is 13.9. The molecule has 1 aliphatic heterocycles. The summed E-state index contributed by atoms with van der Waals surface area (Å²) in [6, 6.07) is 2.00. The number of benzene rings is 1. The molecule has 5 nitrogen and oxygen atoms in total. The molecule has 1 fully saturated rings. The van der Waals surface area contributed by atoms with Gasteiger partial charge in [-0.25, -0.2) is 8.78 Å². The van der Waals surface area contributed by atoms with Gasteiger partial charge in [0.05, 0.1) is 18.2 Å². The Balaban J connectivity index is 2.01. The van der Waals surface area contributed by atoms with Crippen molar-refractivity contribution in [1.29, 1.82) is 0 Å². The zero-order valence-electron chi connectivity index (χ0n) is 14.4. The van der Waals surface area contributed by atoms with E-state index in [0.29, 0.717) is 13.0 Å². The third kappa shape index (κ3) is 4.46. The Bertz CT molecular complexity index is 670. The highest BCUT2D eigenvalue weighted by atomic mass is 35.5. The van der Waals surface area contributed by atoms with E-state index >= 15 is 0 Å². The summed E-state index contributed by atoms with van der Waals surface area (Å²) < 4.78 is 27.1. The highest BCUT2D eigenvalue weighted by Gasteiger charge is 2.38. The number of likely N-dealkylation sites (tertiary alicyclic amines) is 1. The minimum Gasteiger partial charge on any atom is -0.338 e. The number of carbonyl (C=O) groups is 2. The molecule has 25 heavy (non-hydrogen) atoms. The van der Waals surface area contributed by atoms with Crippen LogP contribution >= 0.6 is 11.6 Å². The molecule has 0 bridgehead atoms. The van der Waals surface area contributed by atoms with Crippen molar-refractivity contribution >= 4 is 29.1 Å². The molecule has 0 aromatic heterocycles. The third-order valence-corrected chi connectivity index (χ3v) is 4.71. The molecule has 2 atom stereocenters. The van der Waals surface area contributed by atoms with Gasteiger partial charge in [0.1, 0.15) is 10.8 Å². The third-order valence-electron chi connectivity index (χ3n) is 4.37.